The van der Waals surface area contributed by atoms with Gasteiger partial charge < -0.3 is 25.3 Å². The average molecular weight is 823 g/mol. The Kier molecular flexibility index (Phi) is 13.6. The molecule has 7 rings (SSSR count). The van der Waals surface area contributed by atoms with Crippen molar-refractivity contribution in [2.45, 2.75) is 38.4 Å². The number of nitrogens with zero attached hydrogens (tertiary/aromatic N) is 2. The number of fused-ring (bicyclic) bond motifs is 2. The summed E-state index contributed by atoms with van der Waals surface area (Å²) >= 11 is 3.46. The summed E-state index contributed by atoms with van der Waals surface area (Å²) < 4.78 is 2.52. The van der Waals surface area contributed by atoms with Crippen molar-refractivity contribution in [2.24, 2.45) is 0 Å². The van der Waals surface area contributed by atoms with Crippen LogP contribution in [0.1, 0.15) is 25.3 Å². The molecule has 237 valence electrons. The largest absolute Gasteiger partial charge is 0.508 e. The van der Waals surface area contributed by atoms with E-state index in [4.69, 9.17) is 10.2 Å². The topological polar surface area (TPSA) is 86.5 Å². The number of thiophene rings is 2. The number of pyridine rings is 2. The van der Waals surface area contributed by atoms with Crippen LogP contribution in [0.2, 0.25) is 0 Å². The molecule has 0 aliphatic heterocycles. The Morgan fingerprint density at radius 3 is 1.57 bits per heavy atom. The Morgan fingerprint density at radius 1 is 0.652 bits per heavy atom. The zero-order chi connectivity index (χ0) is 31.4. The second kappa shape index (κ2) is 17.8. The van der Waals surface area contributed by atoms with Crippen LogP contribution in [0.3, 0.4) is 0 Å². The van der Waals surface area contributed by atoms with Crippen LogP contribution in [-0.4, -0.2) is 37.5 Å². The van der Waals surface area contributed by atoms with Crippen LogP contribution in [0.5, 0.6) is 5.75 Å². The van der Waals surface area contributed by atoms with Gasteiger partial charge in [0.15, 0.2) is 0 Å². The maximum atomic E-state index is 9.53. The minimum atomic E-state index is -0.459. The number of aliphatic hydroxyl groups is 2. The van der Waals surface area contributed by atoms with Crippen LogP contribution in [0, 0.1) is 12.1 Å². The van der Waals surface area contributed by atoms with E-state index in [1.165, 1.54) is 20.2 Å². The zero-order valence-corrected chi connectivity index (χ0v) is 29.2. The van der Waals surface area contributed by atoms with Gasteiger partial charge in [-0.05, 0) is 75.2 Å². The Hall–Kier alpha value is -3.75. The van der Waals surface area contributed by atoms with Crippen LogP contribution in [0.15, 0.2) is 122 Å². The fourth-order valence-corrected chi connectivity index (χ4v) is 6.53. The normalized spacial score (nSPS) is 11.8. The molecule has 0 aliphatic carbocycles. The van der Waals surface area contributed by atoms with Gasteiger partial charge in [-0.1, -0.05) is 60.7 Å². The van der Waals surface area contributed by atoms with Gasteiger partial charge in [0.25, 0.3) is 0 Å². The number of aromatic hydroxyl groups is 1. The van der Waals surface area contributed by atoms with Crippen molar-refractivity contribution in [1.82, 2.24) is 9.97 Å². The molecule has 46 heavy (non-hydrogen) atoms. The first kappa shape index (κ1) is 35.1. The molecule has 2 unspecified atom stereocenters. The summed E-state index contributed by atoms with van der Waals surface area (Å²) in [5.74, 6) is 0.253. The number of phenols is 1. The first-order valence-corrected chi connectivity index (χ1v) is 16.4. The van der Waals surface area contributed by atoms with Gasteiger partial charge >= 0.3 is 0 Å². The quantitative estimate of drug-likeness (QED) is 0.140. The smallest absolute Gasteiger partial charge is 0.115 e. The maximum Gasteiger partial charge on any atom is 0.115 e. The standard InChI is InChI=1S/2C13H8NS.C12H18O3.Ir/c2*1-2-7-12-10(5-1)9-13(15-12)11-6-3-4-8-14-11;1-9(13)8-12(15)7-4-10-2-5-11(14)6-3-10;/h2*1-8H;2-3,5-6,9,12-15H,4,7-8H2,1H3;/q2*-1;;. The van der Waals surface area contributed by atoms with Crippen molar-refractivity contribution in [3.8, 4) is 26.9 Å². The Bertz CT molecular complexity index is 1720. The minimum absolute atomic E-state index is 0. The molecule has 4 heterocycles. The van der Waals surface area contributed by atoms with Crippen LogP contribution in [0.4, 0.5) is 0 Å². The maximum absolute atomic E-state index is 9.53. The molecule has 0 saturated carbocycles. The predicted octanol–water partition coefficient (Wildman–Crippen LogP) is 8.98. The summed E-state index contributed by atoms with van der Waals surface area (Å²) in [5, 5.41) is 30.0. The molecule has 4 aromatic heterocycles. The summed E-state index contributed by atoms with van der Waals surface area (Å²) in [5.41, 5.74) is 3.08. The molecule has 2 atom stereocenters. The van der Waals surface area contributed by atoms with E-state index in [0.29, 0.717) is 12.8 Å². The van der Waals surface area contributed by atoms with Gasteiger partial charge in [0.1, 0.15) is 5.75 Å². The number of aliphatic hydroxyl groups excluding tert-OH is 2. The van der Waals surface area contributed by atoms with Gasteiger partial charge in [0.05, 0.1) is 12.2 Å². The van der Waals surface area contributed by atoms with Gasteiger partial charge in [-0.3, -0.25) is 0 Å². The Labute approximate surface area is 291 Å². The molecular formula is C38H34IrN2O3S2-2. The average Bonchev–Trinajstić information content (AvgIpc) is 3.71. The van der Waals surface area contributed by atoms with Crippen LogP contribution >= 0.6 is 22.7 Å². The van der Waals surface area contributed by atoms with E-state index < -0.39 is 12.2 Å². The van der Waals surface area contributed by atoms with Crippen LogP contribution < -0.4 is 0 Å². The molecule has 0 saturated heterocycles. The third-order valence-corrected chi connectivity index (χ3v) is 8.99. The molecule has 1 radical (unpaired) electrons. The van der Waals surface area contributed by atoms with E-state index in [-0.39, 0.29) is 25.9 Å². The Balaban J connectivity index is 0.000000155. The molecule has 3 N–H and O–H groups in total. The third kappa shape index (κ3) is 10.4. The first-order valence-electron chi connectivity index (χ1n) is 14.7. The summed E-state index contributed by atoms with van der Waals surface area (Å²) in [6, 6.07) is 42.1. The van der Waals surface area contributed by atoms with Gasteiger partial charge in [-0.15, -0.1) is 47.2 Å². The van der Waals surface area contributed by atoms with Gasteiger partial charge in [-0.2, -0.15) is 0 Å². The zero-order valence-electron chi connectivity index (χ0n) is 25.2. The summed E-state index contributed by atoms with van der Waals surface area (Å²) in [6.45, 7) is 1.67. The number of rotatable bonds is 7. The Morgan fingerprint density at radius 2 is 1.13 bits per heavy atom. The fraction of sp³-hybridized carbons (Fsp3) is 0.158. The number of aryl methyl sites for hydroxylation is 1. The van der Waals surface area contributed by atoms with E-state index >= 15 is 0 Å². The monoisotopic (exact) mass is 823 g/mol. The SMILES string of the molecule is CC(O)CC(O)CCc1ccc(O)cc1.[Ir].[c-]1c(-c2ccccn2)sc2ccccc12.[c-]1c(-c2ccccn2)sc2ccccc12. The molecule has 0 fully saturated rings. The molecule has 7 aromatic rings. The molecule has 5 nitrogen and oxygen atoms in total. The first-order chi connectivity index (χ1) is 21.9. The molecular weight excluding hydrogens is 789 g/mol. The van der Waals surface area contributed by atoms with Gasteiger partial charge in [0, 0.05) is 43.9 Å². The van der Waals surface area contributed by atoms with E-state index in [2.05, 4.69) is 58.5 Å². The number of hydrogen-bond acceptors (Lipinski definition) is 7. The number of phenolic OH excluding ortho intramolecular Hbond substituents is 1. The van der Waals surface area contributed by atoms with Crippen LogP contribution in [0.25, 0.3) is 41.3 Å². The summed E-state index contributed by atoms with van der Waals surface area (Å²) in [6.07, 6.45) is 4.52. The van der Waals surface area contributed by atoms with Crippen molar-refractivity contribution in [3.63, 3.8) is 0 Å². The van der Waals surface area contributed by atoms with Gasteiger partial charge in [0.2, 0.25) is 0 Å². The number of benzene rings is 3. The molecule has 3 aromatic carbocycles. The van der Waals surface area contributed by atoms with E-state index in [1.807, 2.05) is 73.1 Å². The third-order valence-electron chi connectivity index (χ3n) is 6.81. The molecule has 0 bridgehead atoms. The van der Waals surface area contributed by atoms with E-state index in [9.17, 15) is 5.11 Å². The molecule has 0 amide bonds. The number of aromatic nitrogens is 2. The minimum Gasteiger partial charge on any atom is -0.508 e. The van der Waals surface area contributed by atoms with Crippen molar-refractivity contribution in [3.05, 3.63) is 139 Å². The van der Waals surface area contributed by atoms with Gasteiger partial charge in [-0.25, -0.2) is 22.7 Å². The van der Waals surface area contributed by atoms with Crippen molar-refractivity contribution in [2.75, 3.05) is 0 Å². The van der Waals surface area contributed by atoms with Crippen molar-refractivity contribution in [1.29, 1.82) is 0 Å². The summed E-state index contributed by atoms with van der Waals surface area (Å²) in [7, 11) is 0. The van der Waals surface area contributed by atoms with E-state index in [1.54, 1.807) is 41.7 Å². The second-order valence-electron chi connectivity index (χ2n) is 10.5. The summed E-state index contributed by atoms with van der Waals surface area (Å²) in [4.78, 5) is 10.9. The number of hydrogen-bond donors (Lipinski definition) is 3. The molecule has 8 heteroatoms. The van der Waals surface area contributed by atoms with E-state index in [0.717, 1.165) is 33.1 Å². The van der Waals surface area contributed by atoms with Crippen molar-refractivity contribution >= 4 is 42.8 Å². The second-order valence-corrected chi connectivity index (χ2v) is 12.6. The molecule has 0 spiro atoms. The van der Waals surface area contributed by atoms with Crippen LogP contribution in [-0.2, 0) is 26.5 Å². The van der Waals surface area contributed by atoms with Crippen molar-refractivity contribution < 1.29 is 35.4 Å². The molecule has 0 aliphatic rings. The predicted molar refractivity (Wildman–Crippen MR) is 187 cm³/mol. The fourth-order valence-electron chi connectivity index (χ4n) is 4.57.